The Bertz CT molecular complexity index is 666. The molecular formula is C17H21ClO3S. The van der Waals surface area contributed by atoms with Gasteiger partial charge in [-0.05, 0) is 56.5 Å². The van der Waals surface area contributed by atoms with Crippen LogP contribution in [0.5, 0.6) is 0 Å². The van der Waals surface area contributed by atoms with Gasteiger partial charge in [-0.15, -0.1) is 0 Å². The van der Waals surface area contributed by atoms with Gasteiger partial charge in [0.1, 0.15) is 4.75 Å². The lowest BCUT2D eigenvalue weighted by atomic mass is 9.89. The van der Waals surface area contributed by atoms with Crippen LogP contribution in [0, 0.1) is 0 Å². The summed E-state index contributed by atoms with van der Waals surface area (Å²) in [6, 6.07) is 6.40. The molecule has 1 aromatic rings. The molecule has 0 radical (unpaired) electrons. The van der Waals surface area contributed by atoms with Crippen molar-refractivity contribution in [3.05, 3.63) is 53.1 Å². The van der Waals surface area contributed by atoms with Crippen LogP contribution in [0.1, 0.15) is 26.7 Å². The van der Waals surface area contributed by atoms with Crippen molar-refractivity contribution < 1.29 is 13.2 Å². The van der Waals surface area contributed by atoms with Crippen molar-refractivity contribution >= 4 is 21.4 Å². The van der Waals surface area contributed by atoms with E-state index in [4.69, 9.17) is 16.3 Å². The van der Waals surface area contributed by atoms with Gasteiger partial charge in [0, 0.05) is 18.2 Å². The van der Waals surface area contributed by atoms with Crippen LogP contribution in [0.3, 0.4) is 0 Å². The normalized spacial score (nSPS) is 19.5. The molecule has 0 N–H and O–H groups in total. The van der Waals surface area contributed by atoms with Crippen LogP contribution in [-0.2, 0) is 14.6 Å². The number of benzene rings is 1. The minimum atomic E-state index is -3.53. The fourth-order valence-electron chi connectivity index (χ4n) is 2.94. The van der Waals surface area contributed by atoms with Crippen LogP contribution >= 0.6 is 11.6 Å². The molecule has 0 unspecified atom stereocenters. The molecular weight excluding hydrogens is 320 g/mol. The molecule has 0 amide bonds. The summed E-state index contributed by atoms with van der Waals surface area (Å²) in [6.07, 6.45) is 6.57. The predicted octanol–water partition coefficient (Wildman–Crippen LogP) is 4.19. The highest BCUT2D eigenvalue weighted by molar-refractivity contribution is 7.93. The van der Waals surface area contributed by atoms with Gasteiger partial charge >= 0.3 is 0 Å². The molecule has 0 bridgehead atoms. The van der Waals surface area contributed by atoms with Crippen molar-refractivity contribution in [1.29, 1.82) is 0 Å². The number of allylic oxidation sites excluding steroid dienone is 3. The van der Waals surface area contributed by atoms with Crippen LogP contribution in [0.15, 0.2) is 53.0 Å². The first kappa shape index (κ1) is 17.3. The number of halogens is 1. The molecule has 1 saturated heterocycles. The van der Waals surface area contributed by atoms with Gasteiger partial charge < -0.3 is 4.74 Å². The molecule has 22 heavy (non-hydrogen) atoms. The van der Waals surface area contributed by atoms with Crippen molar-refractivity contribution in [1.82, 2.24) is 0 Å². The van der Waals surface area contributed by atoms with Crippen LogP contribution in [0.25, 0.3) is 0 Å². The summed E-state index contributed by atoms with van der Waals surface area (Å²) in [4.78, 5) is 0.308. The number of sulfone groups is 1. The third-order valence-electron chi connectivity index (χ3n) is 4.12. The maximum atomic E-state index is 13.3. The average molecular weight is 341 g/mol. The third kappa shape index (κ3) is 3.00. The second-order valence-corrected chi connectivity index (χ2v) is 8.00. The van der Waals surface area contributed by atoms with Gasteiger partial charge in [0.2, 0.25) is 0 Å². The number of hydrogen-bond acceptors (Lipinski definition) is 3. The van der Waals surface area contributed by atoms with Gasteiger partial charge in [-0.25, -0.2) is 8.42 Å². The highest BCUT2D eigenvalue weighted by atomic mass is 35.5. The maximum absolute atomic E-state index is 13.3. The van der Waals surface area contributed by atoms with Crippen LogP contribution < -0.4 is 0 Å². The van der Waals surface area contributed by atoms with Crippen LogP contribution in [-0.4, -0.2) is 26.4 Å². The monoisotopic (exact) mass is 340 g/mol. The van der Waals surface area contributed by atoms with E-state index in [-0.39, 0.29) is 0 Å². The molecule has 2 rings (SSSR count). The Labute approximate surface area is 137 Å². The van der Waals surface area contributed by atoms with Gasteiger partial charge in [0.15, 0.2) is 9.84 Å². The van der Waals surface area contributed by atoms with E-state index in [2.05, 4.69) is 0 Å². The third-order valence-corrected chi connectivity index (χ3v) is 6.94. The van der Waals surface area contributed by atoms with E-state index in [9.17, 15) is 8.42 Å². The zero-order chi connectivity index (χ0) is 16.2. The standard InChI is InChI=1S/C17H21ClO3S/c1-3-5-14(4-2)17(10-12-21-13-11-17)22(19,20)16-8-6-15(18)7-9-16/h3-9H,10-13H2,1-2H3. The minimum absolute atomic E-state index is 0.308. The Hall–Kier alpha value is -1.10. The summed E-state index contributed by atoms with van der Waals surface area (Å²) >= 11 is 5.88. The molecule has 3 nitrogen and oxygen atoms in total. The van der Waals surface area contributed by atoms with Crippen LogP contribution in [0.4, 0.5) is 0 Å². The summed E-state index contributed by atoms with van der Waals surface area (Å²) in [5.41, 5.74) is 0.827. The zero-order valence-corrected chi connectivity index (χ0v) is 14.5. The predicted molar refractivity (Wildman–Crippen MR) is 90.0 cm³/mol. The molecule has 0 aliphatic carbocycles. The fraction of sp³-hybridized carbons (Fsp3) is 0.412. The van der Waals surface area contributed by atoms with Gasteiger partial charge in [0.25, 0.3) is 0 Å². The summed E-state index contributed by atoms with van der Waals surface area (Å²) < 4.78 is 31.1. The minimum Gasteiger partial charge on any atom is -0.381 e. The number of ether oxygens (including phenoxy) is 1. The largest absolute Gasteiger partial charge is 0.381 e. The SMILES string of the molecule is CC=CC(=CC)C1(S(=O)(=O)c2ccc(Cl)cc2)CCOCC1. The van der Waals surface area contributed by atoms with Crippen molar-refractivity contribution in [3.8, 4) is 0 Å². The second kappa shape index (κ2) is 6.99. The first-order chi connectivity index (χ1) is 10.5. The first-order valence-electron chi connectivity index (χ1n) is 7.35. The van der Waals surface area contributed by atoms with E-state index < -0.39 is 14.6 Å². The van der Waals surface area contributed by atoms with Crippen molar-refractivity contribution in [2.45, 2.75) is 36.3 Å². The van der Waals surface area contributed by atoms with Crippen molar-refractivity contribution in [2.75, 3.05) is 13.2 Å². The van der Waals surface area contributed by atoms with Gasteiger partial charge in [-0.1, -0.05) is 29.8 Å². The van der Waals surface area contributed by atoms with E-state index in [1.165, 1.54) is 0 Å². The molecule has 5 heteroatoms. The summed E-state index contributed by atoms with van der Waals surface area (Å²) in [7, 11) is -3.53. The summed E-state index contributed by atoms with van der Waals surface area (Å²) in [5.74, 6) is 0. The number of hydrogen-bond donors (Lipinski definition) is 0. The summed E-state index contributed by atoms with van der Waals surface area (Å²) in [5, 5.41) is 0.527. The average Bonchev–Trinajstić information content (AvgIpc) is 2.53. The van der Waals surface area contributed by atoms with E-state index in [1.807, 2.05) is 32.1 Å². The Morgan fingerprint density at radius 1 is 1.18 bits per heavy atom. The molecule has 1 heterocycles. The Kier molecular flexibility index (Phi) is 5.48. The second-order valence-electron chi connectivity index (χ2n) is 5.31. The summed E-state index contributed by atoms with van der Waals surface area (Å²) in [6.45, 7) is 4.67. The lowest BCUT2D eigenvalue weighted by molar-refractivity contribution is 0.0832. The molecule has 0 atom stereocenters. The quantitative estimate of drug-likeness (QED) is 0.772. The van der Waals surface area contributed by atoms with Gasteiger partial charge in [-0.2, -0.15) is 0 Å². The maximum Gasteiger partial charge on any atom is 0.188 e. The van der Waals surface area contributed by atoms with E-state index in [1.54, 1.807) is 24.3 Å². The molecule has 1 aliphatic rings. The Morgan fingerprint density at radius 2 is 1.77 bits per heavy atom. The van der Waals surface area contributed by atoms with Gasteiger partial charge in [0.05, 0.1) is 4.90 Å². The zero-order valence-electron chi connectivity index (χ0n) is 12.9. The number of rotatable bonds is 4. The molecule has 1 aromatic carbocycles. The van der Waals surface area contributed by atoms with E-state index in [0.717, 1.165) is 5.57 Å². The Morgan fingerprint density at radius 3 is 2.27 bits per heavy atom. The fourth-order valence-corrected chi connectivity index (χ4v) is 5.22. The lowest BCUT2D eigenvalue weighted by Crippen LogP contribution is -2.45. The molecule has 0 saturated carbocycles. The van der Waals surface area contributed by atoms with Crippen LogP contribution in [0.2, 0.25) is 5.02 Å². The molecule has 1 fully saturated rings. The highest BCUT2D eigenvalue weighted by Gasteiger charge is 2.47. The van der Waals surface area contributed by atoms with Crippen molar-refractivity contribution in [3.63, 3.8) is 0 Å². The van der Waals surface area contributed by atoms with Crippen molar-refractivity contribution in [2.24, 2.45) is 0 Å². The molecule has 1 aliphatic heterocycles. The first-order valence-corrected chi connectivity index (χ1v) is 9.21. The van der Waals surface area contributed by atoms with E-state index >= 15 is 0 Å². The molecule has 120 valence electrons. The lowest BCUT2D eigenvalue weighted by Gasteiger charge is -2.37. The Balaban J connectivity index is 2.60. The molecule has 0 spiro atoms. The van der Waals surface area contributed by atoms with Gasteiger partial charge in [-0.3, -0.25) is 0 Å². The highest BCUT2D eigenvalue weighted by Crippen LogP contribution is 2.41. The smallest absolute Gasteiger partial charge is 0.188 e. The molecule has 0 aromatic heterocycles. The topological polar surface area (TPSA) is 43.4 Å². The van der Waals surface area contributed by atoms with E-state index in [0.29, 0.717) is 36.0 Å².